The van der Waals surface area contributed by atoms with Gasteiger partial charge >= 0.3 is 5.97 Å². The molecule has 0 aliphatic carbocycles. The second-order valence-corrected chi connectivity index (χ2v) is 6.04. The molecular weight excluding hydrogens is 338 g/mol. The van der Waals surface area contributed by atoms with Gasteiger partial charge in [-0.25, -0.2) is 4.79 Å². The minimum absolute atomic E-state index is 0.0231. The zero-order valence-electron chi connectivity index (χ0n) is 11.5. The summed E-state index contributed by atoms with van der Waals surface area (Å²) < 4.78 is 0.647. The molecule has 0 bridgehead atoms. The van der Waals surface area contributed by atoms with E-state index in [1.54, 1.807) is 12.1 Å². The van der Waals surface area contributed by atoms with Crippen molar-refractivity contribution in [3.05, 3.63) is 40.4 Å². The number of nitrogens with one attached hydrogen (secondary N) is 1. The van der Waals surface area contributed by atoms with E-state index in [9.17, 15) is 14.7 Å². The topological polar surface area (TPSA) is 86.6 Å². The van der Waals surface area contributed by atoms with Crippen molar-refractivity contribution >= 4 is 38.6 Å². The van der Waals surface area contributed by atoms with Gasteiger partial charge in [0.2, 0.25) is 0 Å². The molecule has 0 fully saturated rings. The lowest BCUT2D eigenvalue weighted by Crippen LogP contribution is -2.49. The van der Waals surface area contributed by atoms with E-state index in [1.165, 1.54) is 19.9 Å². The summed E-state index contributed by atoms with van der Waals surface area (Å²) in [5.41, 5.74) is -1.41. The van der Waals surface area contributed by atoms with Crippen molar-refractivity contribution in [1.82, 2.24) is 5.32 Å². The monoisotopic (exact) mass is 351 g/mol. The average molecular weight is 352 g/mol. The summed E-state index contributed by atoms with van der Waals surface area (Å²) >= 11 is 3.35. The van der Waals surface area contributed by atoms with Crippen LogP contribution in [0.25, 0.3) is 10.8 Å². The van der Waals surface area contributed by atoms with Crippen LogP contribution in [-0.4, -0.2) is 27.6 Å². The number of hydrogen-bond acceptors (Lipinski definition) is 3. The predicted octanol–water partition coefficient (Wildman–Crippen LogP) is 2.90. The molecule has 2 rings (SSSR count). The van der Waals surface area contributed by atoms with Crippen LogP contribution in [0.2, 0.25) is 0 Å². The van der Waals surface area contributed by atoms with Gasteiger partial charge in [0.15, 0.2) is 0 Å². The summed E-state index contributed by atoms with van der Waals surface area (Å²) in [6.45, 7) is 2.75. The largest absolute Gasteiger partial charge is 0.506 e. The molecule has 1 amide bonds. The van der Waals surface area contributed by atoms with Crippen LogP contribution in [0, 0.1) is 0 Å². The highest BCUT2D eigenvalue weighted by atomic mass is 79.9. The number of aromatic hydroxyl groups is 1. The number of benzene rings is 2. The first-order chi connectivity index (χ1) is 9.74. The molecule has 6 heteroatoms. The van der Waals surface area contributed by atoms with Gasteiger partial charge in [0.25, 0.3) is 5.91 Å². The Morgan fingerprint density at radius 1 is 1.19 bits per heavy atom. The second-order valence-electron chi connectivity index (χ2n) is 5.18. The summed E-state index contributed by atoms with van der Waals surface area (Å²) in [4.78, 5) is 23.3. The highest BCUT2D eigenvalue weighted by Gasteiger charge is 2.30. The van der Waals surface area contributed by atoms with E-state index in [0.29, 0.717) is 9.86 Å². The number of hydrogen-bond donors (Lipinski definition) is 3. The van der Waals surface area contributed by atoms with Crippen molar-refractivity contribution in [3.63, 3.8) is 0 Å². The Labute approximate surface area is 129 Å². The molecular formula is C15H14BrNO4. The Morgan fingerprint density at radius 3 is 2.33 bits per heavy atom. The van der Waals surface area contributed by atoms with Gasteiger partial charge in [-0.1, -0.05) is 40.2 Å². The number of rotatable bonds is 3. The highest BCUT2D eigenvalue weighted by Crippen LogP contribution is 2.34. The van der Waals surface area contributed by atoms with Gasteiger partial charge in [-0.15, -0.1) is 0 Å². The van der Waals surface area contributed by atoms with Crippen molar-refractivity contribution in [1.29, 1.82) is 0 Å². The third-order valence-electron chi connectivity index (χ3n) is 3.17. The minimum Gasteiger partial charge on any atom is -0.506 e. The molecule has 3 N–H and O–H groups in total. The van der Waals surface area contributed by atoms with Crippen molar-refractivity contribution in [2.75, 3.05) is 0 Å². The molecule has 2 aromatic rings. The Hall–Kier alpha value is -2.08. The lowest BCUT2D eigenvalue weighted by atomic mass is 10.0. The zero-order valence-corrected chi connectivity index (χ0v) is 13.1. The summed E-state index contributed by atoms with van der Waals surface area (Å²) in [5, 5.41) is 23.0. The number of fused-ring (bicyclic) bond motifs is 1. The average Bonchev–Trinajstić information content (AvgIpc) is 2.42. The standard InChI is InChI=1S/C15H14BrNO4/c1-15(2,14(20)21)17-13(19)10-7-11(16)8-5-3-4-6-9(8)12(10)18/h3-7,18H,1-2H3,(H,17,19)(H,20,21). The first kappa shape index (κ1) is 15.3. The van der Waals surface area contributed by atoms with Crippen LogP contribution in [0.3, 0.4) is 0 Å². The van der Waals surface area contributed by atoms with Crippen LogP contribution < -0.4 is 5.32 Å². The smallest absolute Gasteiger partial charge is 0.328 e. The Bertz CT molecular complexity index is 740. The van der Waals surface area contributed by atoms with Gasteiger partial charge in [-0.2, -0.15) is 0 Å². The van der Waals surface area contributed by atoms with Crippen molar-refractivity contribution in [2.45, 2.75) is 19.4 Å². The van der Waals surface area contributed by atoms with Crippen LogP contribution in [0.5, 0.6) is 5.75 Å². The van der Waals surface area contributed by atoms with Gasteiger partial charge in [-0.3, -0.25) is 4.79 Å². The molecule has 0 unspecified atom stereocenters. The number of carboxylic acids is 1. The van der Waals surface area contributed by atoms with Crippen LogP contribution in [-0.2, 0) is 4.79 Å². The Morgan fingerprint density at radius 2 is 1.76 bits per heavy atom. The number of phenolic OH excluding ortho intramolecular Hbond substituents is 1. The van der Waals surface area contributed by atoms with Gasteiger partial charge < -0.3 is 15.5 Å². The molecule has 0 spiro atoms. The normalized spacial score (nSPS) is 11.4. The number of carbonyl (C=O) groups is 2. The summed E-state index contributed by atoms with van der Waals surface area (Å²) in [7, 11) is 0. The first-order valence-electron chi connectivity index (χ1n) is 6.20. The molecule has 0 radical (unpaired) electrons. The molecule has 0 heterocycles. The molecule has 21 heavy (non-hydrogen) atoms. The lowest BCUT2D eigenvalue weighted by Gasteiger charge is -2.21. The van der Waals surface area contributed by atoms with Crippen molar-refractivity contribution in [2.24, 2.45) is 0 Å². The fraction of sp³-hybridized carbons (Fsp3) is 0.200. The maximum atomic E-state index is 12.2. The number of halogens is 1. The maximum absolute atomic E-state index is 12.2. The fourth-order valence-electron chi connectivity index (χ4n) is 1.89. The molecule has 0 atom stereocenters. The van der Waals surface area contributed by atoms with E-state index in [-0.39, 0.29) is 11.3 Å². The third kappa shape index (κ3) is 2.85. The first-order valence-corrected chi connectivity index (χ1v) is 6.99. The Kier molecular flexibility index (Phi) is 3.91. The molecule has 110 valence electrons. The van der Waals surface area contributed by atoms with E-state index in [0.717, 1.165) is 5.39 Å². The Balaban J connectivity index is 2.50. The number of carboxylic acid groups (broad SMARTS) is 1. The minimum atomic E-state index is -1.43. The second kappa shape index (κ2) is 5.37. The number of carbonyl (C=O) groups excluding carboxylic acids is 1. The van der Waals surface area contributed by atoms with E-state index >= 15 is 0 Å². The molecule has 0 saturated heterocycles. The lowest BCUT2D eigenvalue weighted by molar-refractivity contribution is -0.143. The highest BCUT2D eigenvalue weighted by molar-refractivity contribution is 9.10. The van der Waals surface area contributed by atoms with Crippen molar-refractivity contribution < 1.29 is 19.8 Å². The summed E-state index contributed by atoms with van der Waals surface area (Å²) in [6, 6.07) is 8.54. The van der Waals surface area contributed by atoms with Crippen LogP contribution in [0.15, 0.2) is 34.8 Å². The predicted molar refractivity (Wildman–Crippen MR) is 82.5 cm³/mol. The van der Waals surface area contributed by atoms with Gasteiger partial charge in [0, 0.05) is 9.86 Å². The fourth-order valence-corrected chi connectivity index (χ4v) is 2.47. The maximum Gasteiger partial charge on any atom is 0.328 e. The van der Waals surface area contributed by atoms with E-state index in [4.69, 9.17) is 5.11 Å². The number of aliphatic carboxylic acids is 1. The van der Waals surface area contributed by atoms with Crippen LogP contribution in [0.4, 0.5) is 0 Å². The van der Waals surface area contributed by atoms with Gasteiger partial charge in [0.1, 0.15) is 11.3 Å². The molecule has 2 aromatic carbocycles. The number of amides is 1. The molecule has 0 saturated carbocycles. The summed E-state index contributed by atoms with van der Waals surface area (Å²) in [6.07, 6.45) is 0. The SMILES string of the molecule is CC(C)(NC(=O)c1cc(Br)c2ccccc2c1O)C(=O)O. The molecule has 0 aliphatic heterocycles. The van der Waals surface area contributed by atoms with Crippen LogP contribution in [0.1, 0.15) is 24.2 Å². The summed E-state index contributed by atoms with van der Waals surface area (Å²) in [5.74, 6) is -1.98. The van der Waals surface area contributed by atoms with E-state index in [1.807, 2.05) is 12.1 Å². The van der Waals surface area contributed by atoms with Gasteiger partial charge in [0.05, 0.1) is 5.56 Å². The quantitative estimate of drug-likeness (QED) is 0.793. The molecule has 0 aliphatic rings. The van der Waals surface area contributed by atoms with Gasteiger partial charge in [-0.05, 0) is 25.3 Å². The zero-order chi connectivity index (χ0) is 15.8. The van der Waals surface area contributed by atoms with Crippen LogP contribution >= 0.6 is 15.9 Å². The number of phenols is 1. The van der Waals surface area contributed by atoms with E-state index < -0.39 is 17.4 Å². The van der Waals surface area contributed by atoms with Crippen molar-refractivity contribution in [3.8, 4) is 5.75 Å². The molecule has 5 nitrogen and oxygen atoms in total. The molecule has 0 aromatic heterocycles. The van der Waals surface area contributed by atoms with E-state index in [2.05, 4.69) is 21.2 Å². The third-order valence-corrected chi connectivity index (χ3v) is 3.83.